The van der Waals surface area contributed by atoms with Gasteiger partial charge in [-0.25, -0.2) is 0 Å². The van der Waals surface area contributed by atoms with E-state index in [9.17, 15) is 0 Å². The summed E-state index contributed by atoms with van der Waals surface area (Å²) < 4.78 is 8.00. The molecule has 0 saturated heterocycles. The third-order valence-corrected chi connectivity index (χ3v) is 6.33. The molecule has 126 valence electrons. The fourth-order valence-corrected chi connectivity index (χ4v) is 5.69. The van der Waals surface area contributed by atoms with Gasteiger partial charge in [0.1, 0.15) is 0 Å². The van der Waals surface area contributed by atoms with Crippen LogP contribution in [0.4, 0.5) is 0 Å². The molecule has 0 aliphatic heterocycles. The van der Waals surface area contributed by atoms with Crippen molar-refractivity contribution >= 4 is 12.2 Å². The molecule has 4 aliphatic rings. The van der Waals surface area contributed by atoms with E-state index in [1.165, 1.54) is 38.5 Å². The van der Waals surface area contributed by atoms with E-state index in [-0.39, 0.29) is 5.41 Å². The van der Waals surface area contributed by atoms with Crippen molar-refractivity contribution in [3.05, 3.63) is 29.7 Å². The van der Waals surface area contributed by atoms with Gasteiger partial charge in [0.05, 0.1) is 6.20 Å². The Morgan fingerprint density at radius 2 is 1.83 bits per heavy atom. The molecule has 4 fully saturated rings. The van der Waals surface area contributed by atoms with Crippen molar-refractivity contribution in [1.82, 2.24) is 20.0 Å². The molecule has 0 N–H and O–H groups in total. The summed E-state index contributed by atoms with van der Waals surface area (Å²) in [6, 6.07) is 0. The van der Waals surface area contributed by atoms with Gasteiger partial charge < -0.3 is 4.42 Å². The van der Waals surface area contributed by atoms with Crippen LogP contribution in [0.25, 0.3) is 12.2 Å². The molecule has 0 radical (unpaired) electrons. The third kappa shape index (κ3) is 2.33. The van der Waals surface area contributed by atoms with Crippen LogP contribution in [0, 0.1) is 17.8 Å². The molecule has 0 unspecified atom stereocenters. The van der Waals surface area contributed by atoms with Crippen molar-refractivity contribution in [1.29, 1.82) is 0 Å². The molecule has 4 saturated carbocycles. The maximum atomic E-state index is 6.09. The van der Waals surface area contributed by atoms with Gasteiger partial charge >= 0.3 is 0 Å². The summed E-state index contributed by atoms with van der Waals surface area (Å²) >= 11 is 0. The predicted molar refractivity (Wildman–Crippen MR) is 91.0 cm³/mol. The van der Waals surface area contributed by atoms with Gasteiger partial charge in [0.15, 0.2) is 0 Å². The Balaban J connectivity index is 1.37. The van der Waals surface area contributed by atoms with Crippen LogP contribution in [0.3, 0.4) is 0 Å². The van der Waals surface area contributed by atoms with E-state index in [1.54, 1.807) is 0 Å². The predicted octanol–water partition coefficient (Wildman–Crippen LogP) is 3.92. The molecule has 2 aromatic heterocycles. The molecule has 2 heterocycles. The summed E-state index contributed by atoms with van der Waals surface area (Å²) in [7, 11) is 0. The lowest BCUT2D eigenvalue weighted by Crippen LogP contribution is -2.48. The first-order valence-corrected chi connectivity index (χ1v) is 9.27. The standard InChI is InChI=1S/C19H24N4O/c1-2-23-12-13(11-20-23)3-4-17-21-22-18(24-17)19-8-14-5-15(9-19)7-16(6-14)10-19/h3-4,11-12,14-16H,2,5-10H2,1H3/b4-3+. The first-order chi connectivity index (χ1) is 11.7. The Morgan fingerprint density at radius 1 is 1.12 bits per heavy atom. The molecule has 5 nitrogen and oxygen atoms in total. The van der Waals surface area contributed by atoms with Gasteiger partial charge in [0.25, 0.3) is 0 Å². The van der Waals surface area contributed by atoms with Crippen LogP contribution in [0.2, 0.25) is 0 Å². The second-order valence-electron chi connectivity index (χ2n) is 8.11. The van der Waals surface area contributed by atoms with Crippen LogP contribution in [0.5, 0.6) is 0 Å². The molecule has 2 aromatic rings. The lowest BCUT2D eigenvalue weighted by atomic mass is 9.49. The first-order valence-electron chi connectivity index (χ1n) is 9.27. The third-order valence-electron chi connectivity index (χ3n) is 6.33. The van der Waals surface area contributed by atoms with Crippen molar-refractivity contribution in [2.75, 3.05) is 0 Å². The van der Waals surface area contributed by atoms with E-state index in [4.69, 9.17) is 4.42 Å². The maximum absolute atomic E-state index is 6.09. The monoisotopic (exact) mass is 324 g/mol. The van der Waals surface area contributed by atoms with Gasteiger partial charge in [0, 0.05) is 29.8 Å². The zero-order valence-electron chi connectivity index (χ0n) is 14.2. The molecule has 24 heavy (non-hydrogen) atoms. The second-order valence-corrected chi connectivity index (χ2v) is 8.11. The van der Waals surface area contributed by atoms with Gasteiger partial charge in [-0.05, 0) is 69.3 Å². The highest BCUT2D eigenvalue weighted by Gasteiger charge is 2.54. The fourth-order valence-electron chi connectivity index (χ4n) is 5.69. The maximum Gasteiger partial charge on any atom is 0.240 e. The Bertz CT molecular complexity index is 737. The number of rotatable bonds is 4. The molecule has 5 heteroatoms. The number of nitrogens with zero attached hydrogens (tertiary/aromatic N) is 4. The smallest absolute Gasteiger partial charge is 0.240 e. The lowest BCUT2D eigenvalue weighted by Gasteiger charge is -2.55. The summed E-state index contributed by atoms with van der Waals surface area (Å²) in [6.45, 7) is 2.96. The molecule has 0 atom stereocenters. The number of hydrogen-bond donors (Lipinski definition) is 0. The van der Waals surface area contributed by atoms with E-state index < -0.39 is 0 Å². The van der Waals surface area contributed by atoms with Crippen LogP contribution >= 0.6 is 0 Å². The number of hydrogen-bond acceptors (Lipinski definition) is 4. The van der Waals surface area contributed by atoms with E-state index in [0.29, 0.717) is 5.89 Å². The van der Waals surface area contributed by atoms with Crippen molar-refractivity contribution in [2.24, 2.45) is 17.8 Å². The highest BCUT2D eigenvalue weighted by molar-refractivity contribution is 5.64. The van der Waals surface area contributed by atoms with Gasteiger partial charge in [0.2, 0.25) is 11.8 Å². The van der Waals surface area contributed by atoms with Gasteiger partial charge in [-0.1, -0.05) is 0 Å². The van der Waals surface area contributed by atoms with Gasteiger partial charge in [-0.3, -0.25) is 4.68 Å². The average molecular weight is 324 g/mol. The quantitative estimate of drug-likeness (QED) is 0.855. The van der Waals surface area contributed by atoms with E-state index in [1.807, 2.05) is 29.2 Å². The van der Waals surface area contributed by atoms with Crippen LogP contribution < -0.4 is 0 Å². The molecule has 0 aromatic carbocycles. The summed E-state index contributed by atoms with van der Waals surface area (Å²) in [5.41, 5.74) is 1.24. The Hall–Kier alpha value is -1.91. The molecule has 4 aliphatic carbocycles. The van der Waals surface area contributed by atoms with E-state index >= 15 is 0 Å². The minimum absolute atomic E-state index is 0.181. The molecule has 0 amide bonds. The largest absolute Gasteiger partial charge is 0.421 e. The molecule has 4 bridgehead atoms. The van der Waals surface area contributed by atoms with Crippen LogP contribution in [-0.2, 0) is 12.0 Å². The number of aryl methyl sites for hydroxylation is 1. The molecular weight excluding hydrogens is 300 g/mol. The summed E-state index contributed by atoms with van der Waals surface area (Å²) in [6.07, 6.45) is 15.9. The average Bonchev–Trinajstić information content (AvgIpc) is 3.21. The topological polar surface area (TPSA) is 56.7 Å². The van der Waals surface area contributed by atoms with Crippen LogP contribution in [-0.4, -0.2) is 20.0 Å². The van der Waals surface area contributed by atoms with Crippen molar-refractivity contribution in [2.45, 2.75) is 57.4 Å². The Kier molecular flexibility index (Phi) is 3.19. The second kappa shape index (κ2) is 5.30. The highest BCUT2D eigenvalue weighted by Crippen LogP contribution is 2.60. The zero-order valence-corrected chi connectivity index (χ0v) is 14.2. The molecule has 0 spiro atoms. The zero-order chi connectivity index (χ0) is 16.1. The Morgan fingerprint density at radius 3 is 2.46 bits per heavy atom. The normalized spacial score (nSPS) is 34.5. The summed E-state index contributed by atoms with van der Waals surface area (Å²) in [5.74, 6) is 4.18. The van der Waals surface area contributed by atoms with Crippen LogP contribution in [0.1, 0.15) is 62.8 Å². The van der Waals surface area contributed by atoms with E-state index in [0.717, 1.165) is 35.8 Å². The molecular formula is C19H24N4O. The first kappa shape index (κ1) is 14.4. The highest BCUT2D eigenvalue weighted by atomic mass is 16.4. The van der Waals surface area contributed by atoms with Crippen LogP contribution in [0.15, 0.2) is 16.8 Å². The summed E-state index contributed by atoms with van der Waals surface area (Å²) in [5, 5.41) is 13.0. The van der Waals surface area contributed by atoms with Gasteiger partial charge in [-0.2, -0.15) is 5.10 Å². The summed E-state index contributed by atoms with van der Waals surface area (Å²) in [4.78, 5) is 0. The van der Waals surface area contributed by atoms with Crippen molar-refractivity contribution < 1.29 is 4.42 Å². The SMILES string of the molecule is CCn1cc(/C=C/c2nnc(C34CC5CC(CC(C5)C3)C4)o2)cn1. The number of aromatic nitrogens is 4. The van der Waals surface area contributed by atoms with E-state index in [2.05, 4.69) is 22.2 Å². The minimum atomic E-state index is 0.181. The van der Waals surface area contributed by atoms with Gasteiger partial charge in [-0.15, -0.1) is 10.2 Å². The fraction of sp³-hybridized carbons (Fsp3) is 0.632. The van der Waals surface area contributed by atoms with Crippen molar-refractivity contribution in [3.8, 4) is 0 Å². The lowest BCUT2D eigenvalue weighted by molar-refractivity contribution is -0.0179. The Labute approximate surface area is 142 Å². The van der Waals surface area contributed by atoms with Crippen molar-refractivity contribution in [3.63, 3.8) is 0 Å². The molecule has 6 rings (SSSR count). The minimum Gasteiger partial charge on any atom is -0.421 e.